The van der Waals surface area contributed by atoms with Crippen LogP contribution in [0.25, 0.3) is 0 Å². The molecule has 0 aliphatic rings. The molecule has 0 amide bonds. The van der Waals surface area contributed by atoms with E-state index in [-0.39, 0.29) is 6.61 Å². The van der Waals surface area contributed by atoms with E-state index in [1.54, 1.807) is 10.8 Å². The Bertz CT molecular complexity index is 47.1. The van der Waals surface area contributed by atoms with Crippen molar-refractivity contribution in [1.29, 1.82) is 0 Å². The Kier molecular flexibility index (Phi) is 9.94. The van der Waals surface area contributed by atoms with Gasteiger partial charge in [-0.1, -0.05) is 10.8 Å². The largest absolute Gasteiger partial charge is 0.394 e. The molecular weight excluding hydrogens is 176 g/mol. The Morgan fingerprint density at radius 2 is 2.22 bits per heavy atom. The molecule has 0 aliphatic carbocycles. The summed E-state index contributed by atoms with van der Waals surface area (Å²) in [5, 5.41) is 8.27. The second kappa shape index (κ2) is 8.97. The van der Waals surface area contributed by atoms with Gasteiger partial charge in [-0.05, 0) is 21.5 Å². The van der Waals surface area contributed by atoms with Crippen LogP contribution in [0.15, 0.2) is 0 Å². The molecule has 0 saturated heterocycles. The summed E-state index contributed by atoms with van der Waals surface area (Å²) in [7, 11) is 2.90. The van der Waals surface area contributed by atoms with Crippen LogP contribution in [0.3, 0.4) is 0 Å². The van der Waals surface area contributed by atoms with Gasteiger partial charge in [-0.25, -0.2) is 0 Å². The summed E-state index contributed by atoms with van der Waals surface area (Å²) < 4.78 is 4.95. The molecule has 0 fully saturated rings. The van der Waals surface area contributed by atoms with Crippen molar-refractivity contribution in [1.82, 2.24) is 0 Å². The van der Waals surface area contributed by atoms with E-state index in [0.29, 0.717) is 13.2 Å². The van der Waals surface area contributed by atoms with Gasteiger partial charge in [-0.3, -0.25) is 0 Å². The Labute approximate surface area is 67.9 Å². The average Bonchev–Trinajstić information content (AvgIpc) is 1.89. The molecule has 5 heteroatoms. The molecular formula is C4H9O2S3. The van der Waals surface area contributed by atoms with Crippen LogP contribution in [0.5, 0.6) is 0 Å². The molecule has 0 rings (SSSR count). The minimum Gasteiger partial charge on any atom is -0.394 e. The fourth-order valence-corrected chi connectivity index (χ4v) is 1.57. The van der Waals surface area contributed by atoms with Gasteiger partial charge in [0.15, 0.2) is 0 Å². The first kappa shape index (κ1) is 9.97. The van der Waals surface area contributed by atoms with Crippen molar-refractivity contribution in [2.24, 2.45) is 0 Å². The number of ether oxygens (including phenoxy) is 1. The quantitative estimate of drug-likeness (QED) is 0.501. The lowest BCUT2D eigenvalue weighted by Crippen LogP contribution is -2.01. The Morgan fingerprint density at radius 3 is 2.78 bits per heavy atom. The van der Waals surface area contributed by atoms with E-state index in [1.165, 1.54) is 9.83 Å². The van der Waals surface area contributed by atoms with Gasteiger partial charge in [0.05, 0.1) is 19.8 Å². The predicted molar refractivity (Wildman–Crippen MR) is 45.5 cm³/mol. The van der Waals surface area contributed by atoms with E-state index < -0.39 is 0 Å². The van der Waals surface area contributed by atoms with Gasteiger partial charge in [0.1, 0.15) is 0 Å². The van der Waals surface area contributed by atoms with Gasteiger partial charge in [-0.2, -0.15) is 0 Å². The van der Waals surface area contributed by atoms with Crippen molar-refractivity contribution >= 4 is 32.3 Å². The zero-order valence-electron chi connectivity index (χ0n) is 4.91. The molecule has 0 saturated carbocycles. The van der Waals surface area contributed by atoms with E-state index >= 15 is 0 Å². The van der Waals surface area contributed by atoms with Gasteiger partial charge in [0.25, 0.3) is 0 Å². The first-order valence-electron chi connectivity index (χ1n) is 2.52. The highest BCUT2D eigenvalue weighted by molar-refractivity contribution is 9.05. The highest BCUT2D eigenvalue weighted by Crippen LogP contribution is 2.23. The number of aliphatic hydroxyl groups is 1. The summed E-state index contributed by atoms with van der Waals surface area (Å²) in [5.41, 5.74) is 0. The third-order valence-electron chi connectivity index (χ3n) is 0.595. The smallest absolute Gasteiger partial charge is 0.0698 e. The third-order valence-corrected chi connectivity index (χ3v) is 2.68. The van der Waals surface area contributed by atoms with Crippen molar-refractivity contribution < 1.29 is 9.84 Å². The molecule has 9 heavy (non-hydrogen) atoms. The molecule has 1 radical (unpaired) electrons. The van der Waals surface area contributed by atoms with Gasteiger partial charge >= 0.3 is 0 Å². The maximum Gasteiger partial charge on any atom is 0.0698 e. The molecule has 0 aromatic heterocycles. The van der Waals surface area contributed by atoms with E-state index in [1.807, 2.05) is 0 Å². The Balaban J connectivity index is 2.60. The number of aliphatic hydroxyl groups excluding tert-OH is 1. The zero-order chi connectivity index (χ0) is 6.95. The third kappa shape index (κ3) is 8.97. The summed E-state index contributed by atoms with van der Waals surface area (Å²) in [5.74, 6) is 0.897. The molecule has 0 atom stereocenters. The molecule has 55 valence electrons. The lowest BCUT2D eigenvalue weighted by atomic mass is 10.7. The average molecular weight is 185 g/mol. The minimum atomic E-state index is 0.103. The molecule has 2 nitrogen and oxygen atoms in total. The fraction of sp³-hybridized carbons (Fsp3) is 1.00. The van der Waals surface area contributed by atoms with Crippen molar-refractivity contribution in [2.45, 2.75) is 0 Å². The Hall–Kier alpha value is 0.970. The van der Waals surface area contributed by atoms with E-state index in [9.17, 15) is 0 Å². The van der Waals surface area contributed by atoms with Crippen LogP contribution in [0.4, 0.5) is 0 Å². The minimum absolute atomic E-state index is 0.103. The molecule has 0 aromatic rings. The van der Waals surface area contributed by atoms with Crippen LogP contribution in [0.1, 0.15) is 0 Å². The normalized spacial score (nSPS) is 10.0. The lowest BCUT2D eigenvalue weighted by molar-refractivity contribution is 0.103. The van der Waals surface area contributed by atoms with E-state index in [2.05, 4.69) is 11.7 Å². The summed E-state index contributed by atoms with van der Waals surface area (Å²) >= 11 is 4.60. The topological polar surface area (TPSA) is 29.5 Å². The summed E-state index contributed by atoms with van der Waals surface area (Å²) in [6, 6.07) is 0. The lowest BCUT2D eigenvalue weighted by Gasteiger charge is -1.97. The van der Waals surface area contributed by atoms with Crippen LogP contribution in [-0.2, 0) is 4.74 Å². The van der Waals surface area contributed by atoms with Crippen LogP contribution < -0.4 is 0 Å². The number of rotatable bonds is 6. The molecule has 0 bridgehead atoms. The van der Waals surface area contributed by atoms with Crippen molar-refractivity contribution in [2.75, 3.05) is 25.6 Å². The monoisotopic (exact) mass is 185 g/mol. The first-order valence-corrected chi connectivity index (χ1v) is 5.76. The predicted octanol–water partition coefficient (Wildman–Crippen LogP) is 1.49. The van der Waals surface area contributed by atoms with Gasteiger partial charge in [0, 0.05) is 5.75 Å². The SMILES string of the molecule is OCCOCCSS[S]. The van der Waals surface area contributed by atoms with Gasteiger partial charge in [0.2, 0.25) is 0 Å². The van der Waals surface area contributed by atoms with E-state index in [4.69, 9.17) is 9.84 Å². The van der Waals surface area contributed by atoms with Crippen LogP contribution in [-0.4, -0.2) is 30.7 Å². The molecule has 0 aliphatic heterocycles. The van der Waals surface area contributed by atoms with Crippen molar-refractivity contribution in [3.8, 4) is 0 Å². The second-order valence-corrected chi connectivity index (χ2v) is 4.35. The molecule has 1 N–H and O–H groups in total. The highest BCUT2D eigenvalue weighted by Gasteiger charge is 1.86. The molecule has 0 spiro atoms. The highest BCUT2D eigenvalue weighted by atomic mass is 33.5. The molecule has 0 unspecified atom stereocenters. The first-order chi connectivity index (χ1) is 4.41. The fourth-order valence-electron chi connectivity index (χ4n) is 0.294. The van der Waals surface area contributed by atoms with Crippen LogP contribution in [0, 0.1) is 0 Å². The Morgan fingerprint density at radius 1 is 1.44 bits per heavy atom. The van der Waals surface area contributed by atoms with Crippen molar-refractivity contribution in [3.63, 3.8) is 0 Å². The van der Waals surface area contributed by atoms with Crippen LogP contribution >= 0.6 is 32.3 Å². The number of hydrogen-bond acceptors (Lipinski definition) is 4. The zero-order valence-corrected chi connectivity index (χ0v) is 7.36. The summed E-state index contributed by atoms with van der Waals surface area (Å²) in [4.78, 5) is 0. The maximum atomic E-state index is 8.27. The van der Waals surface area contributed by atoms with Gasteiger partial charge in [-0.15, -0.1) is 0 Å². The molecule has 0 heterocycles. The van der Waals surface area contributed by atoms with Crippen molar-refractivity contribution in [3.05, 3.63) is 0 Å². The molecule has 0 aromatic carbocycles. The standard InChI is InChI=1S/C4H9O2S3/c5-1-2-6-3-4-8-9-7/h5H,1-4H2. The summed E-state index contributed by atoms with van der Waals surface area (Å²) in [6.45, 7) is 1.21. The van der Waals surface area contributed by atoms with Crippen LogP contribution in [0.2, 0.25) is 0 Å². The van der Waals surface area contributed by atoms with E-state index in [0.717, 1.165) is 5.75 Å². The second-order valence-electron chi connectivity index (χ2n) is 1.23. The number of hydrogen-bond donors (Lipinski definition) is 1. The summed E-state index contributed by atoms with van der Waals surface area (Å²) in [6.07, 6.45) is 0. The van der Waals surface area contributed by atoms with Gasteiger partial charge < -0.3 is 9.84 Å². The maximum absolute atomic E-state index is 8.27.